The van der Waals surface area contributed by atoms with Crippen LogP contribution in [0.25, 0.3) is 0 Å². The fourth-order valence-corrected chi connectivity index (χ4v) is 8.16. The first kappa shape index (κ1) is 44.1. The average Bonchev–Trinajstić information content (AvgIpc) is 3.83. The van der Waals surface area contributed by atoms with E-state index < -0.39 is 11.2 Å². The van der Waals surface area contributed by atoms with Crippen LogP contribution in [0.5, 0.6) is 0 Å². The number of hydrogen-bond acceptors (Lipinski definition) is 9. The molecule has 0 spiro atoms. The summed E-state index contributed by atoms with van der Waals surface area (Å²) in [6, 6.07) is 12.3. The van der Waals surface area contributed by atoms with Crippen molar-refractivity contribution in [3.8, 4) is 0 Å². The minimum absolute atomic E-state index is 0.206. The number of aliphatic hydroxyl groups excluding tert-OH is 1. The molecule has 2 atom stereocenters. The SMILES string of the molecule is CC(C)(C)OC(=O)N1CCN(Cc2ccc(Cl)cc2N2CC[C@H](CO)C2)CC1.CC[C@H]1CCN(c2cc(Cl)ccc2CN2CCN(C(=O)OC(C)(C)C)CC2)C1. The van der Waals surface area contributed by atoms with Gasteiger partial charge in [0.2, 0.25) is 0 Å². The number of piperazine rings is 2. The van der Waals surface area contributed by atoms with Crippen LogP contribution in [0.4, 0.5) is 21.0 Å². The van der Waals surface area contributed by atoms with Gasteiger partial charge >= 0.3 is 12.2 Å². The molecule has 13 heteroatoms. The highest BCUT2D eigenvalue weighted by Crippen LogP contribution is 2.33. The molecule has 312 valence electrons. The molecule has 2 aromatic carbocycles. The Balaban J connectivity index is 0.000000214. The normalized spacial score (nSPS) is 21.2. The van der Waals surface area contributed by atoms with Crippen LogP contribution in [-0.4, -0.2) is 133 Å². The van der Waals surface area contributed by atoms with Gasteiger partial charge in [-0.3, -0.25) is 9.80 Å². The van der Waals surface area contributed by atoms with Gasteiger partial charge in [-0.2, -0.15) is 0 Å². The molecule has 56 heavy (non-hydrogen) atoms. The Labute approximate surface area is 345 Å². The van der Waals surface area contributed by atoms with Gasteiger partial charge in [0.05, 0.1) is 0 Å². The first-order valence-corrected chi connectivity index (χ1v) is 21.3. The first-order valence-electron chi connectivity index (χ1n) is 20.6. The lowest BCUT2D eigenvalue weighted by Crippen LogP contribution is -2.49. The molecular formula is C43H66Cl2N6O5. The van der Waals surface area contributed by atoms with E-state index in [9.17, 15) is 14.7 Å². The number of carbonyl (C=O) groups excluding carboxylic acids is 2. The van der Waals surface area contributed by atoms with Crippen molar-refractivity contribution in [1.29, 1.82) is 0 Å². The second-order valence-corrected chi connectivity index (χ2v) is 18.7. The van der Waals surface area contributed by atoms with Gasteiger partial charge in [-0.15, -0.1) is 0 Å². The van der Waals surface area contributed by atoms with Crippen molar-refractivity contribution in [1.82, 2.24) is 19.6 Å². The number of aliphatic hydroxyl groups is 1. The van der Waals surface area contributed by atoms with Crippen LogP contribution in [-0.2, 0) is 22.6 Å². The first-order chi connectivity index (χ1) is 26.5. The average molecular weight is 818 g/mol. The zero-order chi connectivity index (χ0) is 40.6. The minimum Gasteiger partial charge on any atom is -0.444 e. The van der Waals surface area contributed by atoms with Crippen molar-refractivity contribution in [2.75, 3.05) is 94.9 Å². The molecule has 1 N–H and O–H groups in total. The van der Waals surface area contributed by atoms with Crippen molar-refractivity contribution in [3.05, 3.63) is 57.6 Å². The van der Waals surface area contributed by atoms with E-state index in [2.05, 4.69) is 44.7 Å². The Kier molecular flexibility index (Phi) is 15.5. The van der Waals surface area contributed by atoms with E-state index in [1.807, 2.05) is 64.6 Å². The number of nitrogens with zero attached hydrogens (tertiary/aromatic N) is 6. The third kappa shape index (κ3) is 13.0. The Morgan fingerprint density at radius 1 is 0.643 bits per heavy atom. The number of anilines is 2. The molecule has 4 fully saturated rings. The topological polar surface area (TPSA) is 92.3 Å². The lowest BCUT2D eigenvalue weighted by molar-refractivity contribution is 0.0129. The van der Waals surface area contributed by atoms with Crippen LogP contribution >= 0.6 is 23.2 Å². The predicted molar refractivity (Wildman–Crippen MR) is 227 cm³/mol. The Bertz CT molecular complexity index is 1480. The van der Waals surface area contributed by atoms with Gasteiger partial charge in [-0.1, -0.05) is 48.7 Å². The van der Waals surface area contributed by atoms with Gasteiger partial charge < -0.3 is 34.2 Å². The van der Waals surface area contributed by atoms with Crippen LogP contribution in [0.2, 0.25) is 10.0 Å². The molecule has 6 rings (SSSR count). The van der Waals surface area contributed by atoms with Crippen LogP contribution in [0, 0.1) is 11.8 Å². The lowest BCUT2D eigenvalue weighted by atomic mass is 10.1. The number of rotatable bonds is 8. The molecule has 0 saturated carbocycles. The van der Waals surface area contributed by atoms with Crippen molar-refractivity contribution in [3.63, 3.8) is 0 Å². The third-order valence-corrected chi connectivity index (χ3v) is 11.5. The zero-order valence-electron chi connectivity index (χ0n) is 34.9. The molecule has 4 aliphatic rings. The number of amides is 2. The monoisotopic (exact) mass is 816 g/mol. The van der Waals surface area contributed by atoms with E-state index in [0.29, 0.717) is 32.1 Å². The fourth-order valence-electron chi connectivity index (χ4n) is 7.83. The van der Waals surface area contributed by atoms with Gasteiger partial charge in [-0.25, -0.2) is 9.59 Å². The molecule has 4 heterocycles. The van der Waals surface area contributed by atoms with Crippen LogP contribution < -0.4 is 9.80 Å². The van der Waals surface area contributed by atoms with Crippen molar-refractivity contribution < 1.29 is 24.2 Å². The van der Waals surface area contributed by atoms with Gasteiger partial charge in [0, 0.05) is 126 Å². The quantitative estimate of drug-likeness (QED) is 0.286. The summed E-state index contributed by atoms with van der Waals surface area (Å²) in [6.07, 6.45) is 3.07. The summed E-state index contributed by atoms with van der Waals surface area (Å²) in [5.74, 6) is 1.12. The number of benzene rings is 2. The molecule has 4 aliphatic heterocycles. The maximum Gasteiger partial charge on any atom is 0.410 e. The number of ether oxygens (including phenoxy) is 2. The van der Waals surface area contributed by atoms with Gasteiger partial charge in [0.1, 0.15) is 11.2 Å². The molecule has 4 saturated heterocycles. The molecule has 0 radical (unpaired) electrons. The van der Waals surface area contributed by atoms with Crippen LogP contribution in [0.1, 0.15) is 78.9 Å². The van der Waals surface area contributed by atoms with E-state index in [0.717, 1.165) is 93.5 Å². The number of hydrogen-bond donors (Lipinski definition) is 1. The molecule has 0 unspecified atom stereocenters. The smallest absolute Gasteiger partial charge is 0.410 e. The highest BCUT2D eigenvalue weighted by molar-refractivity contribution is 6.31. The van der Waals surface area contributed by atoms with Gasteiger partial charge in [-0.05, 0) is 95.7 Å². The summed E-state index contributed by atoms with van der Waals surface area (Å²) in [5.41, 5.74) is 4.10. The van der Waals surface area contributed by atoms with E-state index in [1.54, 1.807) is 4.90 Å². The molecule has 0 bridgehead atoms. The summed E-state index contributed by atoms with van der Waals surface area (Å²) in [5, 5.41) is 11.0. The number of halogens is 2. The summed E-state index contributed by atoms with van der Waals surface area (Å²) < 4.78 is 11.0. The highest BCUT2D eigenvalue weighted by Gasteiger charge is 2.30. The minimum atomic E-state index is -0.464. The van der Waals surface area contributed by atoms with E-state index >= 15 is 0 Å². The summed E-state index contributed by atoms with van der Waals surface area (Å²) in [7, 11) is 0. The van der Waals surface area contributed by atoms with Gasteiger partial charge in [0.15, 0.2) is 0 Å². The predicted octanol–water partition coefficient (Wildman–Crippen LogP) is 7.84. The second kappa shape index (κ2) is 19.7. The molecule has 2 amide bonds. The highest BCUT2D eigenvalue weighted by atomic mass is 35.5. The second-order valence-electron chi connectivity index (χ2n) is 17.8. The summed E-state index contributed by atoms with van der Waals surface area (Å²) in [4.78, 5) is 37.7. The molecule has 0 aliphatic carbocycles. The van der Waals surface area contributed by atoms with Gasteiger partial charge in [0.25, 0.3) is 0 Å². The van der Waals surface area contributed by atoms with E-state index in [1.165, 1.54) is 29.7 Å². The maximum atomic E-state index is 12.3. The molecule has 11 nitrogen and oxygen atoms in total. The van der Waals surface area contributed by atoms with E-state index in [4.69, 9.17) is 32.7 Å². The van der Waals surface area contributed by atoms with E-state index in [-0.39, 0.29) is 18.8 Å². The van der Waals surface area contributed by atoms with Crippen LogP contribution in [0.15, 0.2) is 36.4 Å². The summed E-state index contributed by atoms with van der Waals surface area (Å²) in [6.45, 7) is 25.8. The fraction of sp³-hybridized carbons (Fsp3) is 0.674. The maximum absolute atomic E-state index is 12.3. The lowest BCUT2D eigenvalue weighted by Gasteiger charge is -2.36. The molecule has 2 aromatic rings. The Morgan fingerprint density at radius 3 is 1.38 bits per heavy atom. The molecule has 0 aromatic heterocycles. The van der Waals surface area contributed by atoms with Crippen molar-refractivity contribution >= 4 is 46.8 Å². The van der Waals surface area contributed by atoms with Crippen LogP contribution in [0.3, 0.4) is 0 Å². The Morgan fingerprint density at radius 2 is 1.04 bits per heavy atom. The van der Waals surface area contributed by atoms with Crippen molar-refractivity contribution in [2.24, 2.45) is 11.8 Å². The summed E-state index contributed by atoms with van der Waals surface area (Å²) >= 11 is 12.6. The van der Waals surface area contributed by atoms with Crippen molar-refractivity contribution in [2.45, 2.75) is 92.0 Å². The third-order valence-electron chi connectivity index (χ3n) is 11.0. The zero-order valence-corrected chi connectivity index (χ0v) is 36.4. The Hall–Kier alpha value is -2.96. The standard InChI is InChI=1S/C22H34ClN3O2.C21H32ClN3O3/c1-5-17-8-9-26(15-17)20-14-19(23)7-6-18(20)16-24-10-12-25(13-11-24)21(27)28-22(2,3)4;1-21(2,3)28-20(27)24-10-8-23(9-11-24)14-17-4-5-18(22)12-19(17)25-7-6-16(13-25)15-26/h6-7,14,17H,5,8-13,15-16H2,1-4H3;4-5,12,16,26H,6-11,13-15H2,1-3H3/t17-;16-/m00/s1. The molecular weight excluding hydrogens is 751 g/mol. The number of carbonyl (C=O) groups is 2. The largest absolute Gasteiger partial charge is 0.444 e.